The highest BCUT2D eigenvalue weighted by Crippen LogP contribution is 2.40. The first-order valence-electron chi connectivity index (χ1n) is 7.05. The van der Waals surface area contributed by atoms with Crippen LogP contribution in [0.1, 0.15) is 0 Å². The van der Waals surface area contributed by atoms with Crippen LogP contribution in [0.2, 0.25) is 0 Å². The number of tetrazole rings is 1. The smallest absolute Gasteiger partial charge is 0.352 e. The highest BCUT2D eigenvalue weighted by molar-refractivity contribution is 8.01. The van der Waals surface area contributed by atoms with E-state index in [0.717, 1.165) is 0 Å². The zero-order valence-electron chi connectivity index (χ0n) is 13.0. The van der Waals surface area contributed by atoms with Gasteiger partial charge in [0.15, 0.2) is 0 Å². The molecule has 1 aromatic heterocycles. The van der Waals surface area contributed by atoms with Crippen molar-refractivity contribution in [3.05, 3.63) is 11.3 Å². The molecule has 2 aliphatic rings. The summed E-state index contributed by atoms with van der Waals surface area (Å²) < 4.78 is 5.83. The molecule has 0 aromatic carbocycles. The fraction of sp³-hybridized carbons (Fsp3) is 0.500. The molecule has 13 heteroatoms. The maximum absolute atomic E-state index is 11.9. The molecule has 25 heavy (non-hydrogen) atoms. The van der Waals surface area contributed by atoms with Crippen LogP contribution in [0.15, 0.2) is 16.4 Å². The number of carbonyl (C=O) groups is 3. The summed E-state index contributed by atoms with van der Waals surface area (Å²) in [6.07, 6.45) is 0. The van der Waals surface area contributed by atoms with Gasteiger partial charge in [0.2, 0.25) is 11.1 Å². The lowest BCUT2D eigenvalue weighted by molar-refractivity contribution is -0.147. The van der Waals surface area contributed by atoms with Gasteiger partial charge in [-0.3, -0.25) is 14.5 Å². The number of nitrogens with zero attached hydrogens (tertiary/aromatic N) is 5. The molecule has 3 N–H and O–H groups in total. The molecule has 2 atom stereocenters. The Morgan fingerprint density at radius 3 is 2.96 bits per heavy atom. The highest BCUT2D eigenvalue weighted by Gasteiger charge is 2.51. The van der Waals surface area contributed by atoms with Crippen molar-refractivity contribution < 1.29 is 24.2 Å². The van der Waals surface area contributed by atoms with Crippen molar-refractivity contribution in [1.82, 2.24) is 25.1 Å². The third-order valence-corrected chi connectivity index (χ3v) is 6.08. The summed E-state index contributed by atoms with van der Waals surface area (Å²) in [4.78, 5) is 36.1. The Kier molecular flexibility index (Phi) is 4.96. The fourth-order valence-corrected chi connectivity index (χ4v) is 4.74. The van der Waals surface area contributed by atoms with Crippen LogP contribution in [0.25, 0.3) is 0 Å². The molecule has 3 rings (SSSR count). The van der Waals surface area contributed by atoms with E-state index in [1.165, 1.54) is 40.2 Å². The van der Waals surface area contributed by atoms with Gasteiger partial charge in [0.05, 0.1) is 7.11 Å². The Bertz CT molecular complexity index is 765. The number of hydrogen-bond acceptors (Lipinski definition) is 10. The lowest BCUT2D eigenvalue weighted by atomic mass is 10.0. The minimum absolute atomic E-state index is 0.0325. The average molecular weight is 386 g/mol. The summed E-state index contributed by atoms with van der Waals surface area (Å²) >= 11 is 2.60. The molecule has 1 amide bonds. The standard InChI is InChI=1S/C12H14N6O5S2/c1-23-6(19)2-17-12(14-15-16-17)25-4-5-3-24-10-7(13)9(20)18(10)8(5)11(21)22/h7,10H,2-4,13H2,1H3,(H,21,22)/t7?,10-/m1/s1. The Morgan fingerprint density at radius 1 is 1.52 bits per heavy atom. The number of carboxylic acids is 1. The minimum Gasteiger partial charge on any atom is -0.477 e. The fourth-order valence-electron chi connectivity index (χ4n) is 2.43. The second kappa shape index (κ2) is 7.01. The van der Waals surface area contributed by atoms with Gasteiger partial charge < -0.3 is 15.6 Å². The van der Waals surface area contributed by atoms with Crippen LogP contribution in [-0.4, -0.2) is 78.1 Å². The minimum atomic E-state index is -1.17. The third kappa shape index (κ3) is 3.21. The first-order valence-corrected chi connectivity index (χ1v) is 9.08. The average Bonchev–Trinajstić information content (AvgIpc) is 3.04. The molecule has 1 fully saturated rings. The SMILES string of the molecule is COC(=O)Cn1nnnc1SCC1=C(C(=O)O)N2C(=O)C(N)[C@H]2SC1. The van der Waals surface area contributed by atoms with Crippen LogP contribution in [0.5, 0.6) is 0 Å². The van der Waals surface area contributed by atoms with Gasteiger partial charge in [-0.15, -0.1) is 16.9 Å². The molecule has 0 saturated carbocycles. The Labute approximate surface area is 149 Å². The number of nitrogens with two attached hydrogens (primary N) is 1. The number of esters is 1. The summed E-state index contributed by atoms with van der Waals surface area (Å²) in [5.41, 5.74) is 6.25. The molecule has 0 spiro atoms. The Balaban J connectivity index is 1.76. The van der Waals surface area contributed by atoms with E-state index in [9.17, 15) is 19.5 Å². The van der Waals surface area contributed by atoms with E-state index in [1.807, 2.05) is 0 Å². The van der Waals surface area contributed by atoms with Crippen molar-refractivity contribution in [1.29, 1.82) is 0 Å². The highest BCUT2D eigenvalue weighted by atomic mass is 32.2. The quantitative estimate of drug-likeness (QED) is 0.334. The van der Waals surface area contributed by atoms with Gasteiger partial charge in [0.1, 0.15) is 23.7 Å². The monoisotopic (exact) mass is 386 g/mol. The molecule has 11 nitrogen and oxygen atoms in total. The lowest BCUT2D eigenvalue weighted by Crippen LogP contribution is -2.68. The van der Waals surface area contributed by atoms with Crippen LogP contribution in [0, 0.1) is 0 Å². The number of thioether (sulfide) groups is 2. The second-order valence-corrected chi connectivity index (χ2v) is 7.22. The van der Waals surface area contributed by atoms with Crippen LogP contribution < -0.4 is 5.73 Å². The van der Waals surface area contributed by atoms with Gasteiger partial charge in [0.25, 0.3) is 0 Å². The number of hydrogen-bond donors (Lipinski definition) is 2. The van der Waals surface area contributed by atoms with Crippen LogP contribution in [0.4, 0.5) is 0 Å². The van der Waals surface area contributed by atoms with E-state index < -0.39 is 23.9 Å². The number of fused-ring (bicyclic) bond motifs is 1. The molecule has 1 saturated heterocycles. The van der Waals surface area contributed by atoms with Crippen LogP contribution in [-0.2, 0) is 25.7 Å². The van der Waals surface area contributed by atoms with Gasteiger partial charge in [-0.05, 0) is 16.0 Å². The molecule has 1 aromatic rings. The number of aromatic nitrogens is 4. The molecule has 0 bridgehead atoms. The number of rotatable bonds is 6. The summed E-state index contributed by atoms with van der Waals surface area (Å²) in [5.74, 6) is -1.36. The molecular weight excluding hydrogens is 372 g/mol. The largest absolute Gasteiger partial charge is 0.477 e. The van der Waals surface area contributed by atoms with Crippen molar-refractivity contribution in [2.24, 2.45) is 5.73 Å². The van der Waals surface area contributed by atoms with E-state index >= 15 is 0 Å². The van der Waals surface area contributed by atoms with Crippen molar-refractivity contribution in [2.75, 3.05) is 18.6 Å². The first kappa shape index (κ1) is 17.7. The summed E-state index contributed by atoms with van der Waals surface area (Å²) in [6.45, 7) is -0.146. The topological polar surface area (TPSA) is 154 Å². The number of carbonyl (C=O) groups excluding carboxylic acids is 2. The number of amides is 1. The van der Waals surface area contributed by atoms with E-state index in [1.54, 1.807) is 0 Å². The molecule has 0 aliphatic carbocycles. The van der Waals surface area contributed by atoms with Gasteiger partial charge in [-0.25, -0.2) is 9.48 Å². The molecular formula is C12H14N6O5S2. The van der Waals surface area contributed by atoms with Gasteiger partial charge in [0, 0.05) is 11.5 Å². The summed E-state index contributed by atoms with van der Waals surface area (Å²) in [5, 5.41) is 20.5. The van der Waals surface area contributed by atoms with Crippen molar-refractivity contribution in [3.63, 3.8) is 0 Å². The molecule has 2 aliphatic heterocycles. The molecule has 134 valence electrons. The van der Waals surface area contributed by atoms with E-state index in [-0.39, 0.29) is 23.4 Å². The molecule has 1 unspecified atom stereocenters. The number of aliphatic carboxylic acids is 1. The Hall–Kier alpha value is -2.12. The number of ether oxygens (including phenoxy) is 1. The zero-order valence-corrected chi connectivity index (χ0v) is 14.6. The van der Waals surface area contributed by atoms with Crippen molar-refractivity contribution in [2.45, 2.75) is 23.1 Å². The predicted octanol–water partition coefficient (Wildman–Crippen LogP) is -1.48. The number of β-lactam (4-membered cyclic amide) rings is 1. The number of carboxylic acid groups (broad SMARTS) is 1. The maximum Gasteiger partial charge on any atom is 0.352 e. The maximum atomic E-state index is 11.9. The summed E-state index contributed by atoms with van der Waals surface area (Å²) in [6, 6.07) is -0.666. The molecule has 0 radical (unpaired) electrons. The van der Waals surface area contributed by atoms with Crippen LogP contribution in [0.3, 0.4) is 0 Å². The van der Waals surface area contributed by atoms with Crippen molar-refractivity contribution in [3.8, 4) is 0 Å². The first-order chi connectivity index (χ1) is 11.9. The van der Waals surface area contributed by atoms with Crippen molar-refractivity contribution >= 4 is 41.4 Å². The lowest BCUT2D eigenvalue weighted by Gasteiger charge is -2.48. The predicted molar refractivity (Wildman–Crippen MR) is 86.3 cm³/mol. The zero-order chi connectivity index (χ0) is 18.1. The third-order valence-electron chi connectivity index (χ3n) is 3.67. The Morgan fingerprint density at radius 2 is 2.28 bits per heavy atom. The van der Waals surface area contributed by atoms with Crippen LogP contribution >= 0.6 is 23.5 Å². The normalized spacial score (nSPS) is 22.5. The van der Waals surface area contributed by atoms with E-state index in [0.29, 0.717) is 16.5 Å². The van der Waals surface area contributed by atoms with E-state index in [2.05, 4.69) is 20.3 Å². The van der Waals surface area contributed by atoms with Gasteiger partial charge in [-0.2, -0.15) is 0 Å². The second-order valence-electron chi connectivity index (χ2n) is 5.18. The molecule has 3 heterocycles. The number of methoxy groups -OCH3 is 1. The summed E-state index contributed by atoms with van der Waals surface area (Å²) in [7, 11) is 1.26. The van der Waals surface area contributed by atoms with Gasteiger partial charge in [-0.1, -0.05) is 11.8 Å². The van der Waals surface area contributed by atoms with E-state index in [4.69, 9.17) is 5.73 Å². The van der Waals surface area contributed by atoms with Gasteiger partial charge >= 0.3 is 11.9 Å².